The molecule has 20 atom stereocenters. The van der Waals surface area contributed by atoms with Crippen LogP contribution in [0.4, 0.5) is 4.79 Å². The fraction of sp³-hybridized carbons (Fsp3) is 0.700. The zero-order valence-electron chi connectivity index (χ0n) is 61.3. The van der Waals surface area contributed by atoms with Crippen LogP contribution in [-0.4, -0.2) is 133 Å². The summed E-state index contributed by atoms with van der Waals surface area (Å²) in [6, 6.07) is 14.7. The lowest BCUT2D eigenvalue weighted by atomic mass is 9.44. The molecule has 0 radical (unpaired) electrons. The third-order valence-electron chi connectivity index (χ3n) is 25.7. The van der Waals surface area contributed by atoms with Gasteiger partial charge in [0, 0.05) is 58.7 Å². The van der Waals surface area contributed by atoms with E-state index in [1.807, 2.05) is 0 Å². The summed E-state index contributed by atoms with van der Waals surface area (Å²) in [5.74, 6) is -2.42. The Morgan fingerprint density at radius 2 is 1.47 bits per heavy atom. The van der Waals surface area contributed by atoms with Crippen LogP contribution in [-0.2, 0) is 71.4 Å². The van der Waals surface area contributed by atoms with E-state index in [9.17, 15) is 33.9 Å². The van der Waals surface area contributed by atoms with Crippen molar-refractivity contribution in [1.29, 1.82) is 0 Å². The fourth-order valence-electron chi connectivity index (χ4n) is 20.1. The Morgan fingerprint density at radius 3 is 2.10 bits per heavy atom. The molecule has 2 aromatic carbocycles. The van der Waals surface area contributed by atoms with Crippen molar-refractivity contribution in [1.82, 2.24) is 5.32 Å². The van der Waals surface area contributed by atoms with Gasteiger partial charge in [-0.2, -0.15) is 0 Å². The van der Waals surface area contributed by atoms with Crippen molar-refractivity contribution in [3.63, 3.8) is 0 Å². The van der Waals surface area contributed by atoms with Gasteiger partial charge in [-0.05, 0) is 155 Å². The number of amides is 1. The van der Waals surface area contributed by atoms with E-state index in [-0.39, 0.29) is 66.1 Å². The number of hydrogen-bond donors (Lipinski definition) is 2. The first-order valence-corrected chi connectivity index (χ1v) is 36.7. The number of ketones is 2. The Morgan fingerprint density at radius 1 is 0.798 bits per heavy atom. The van der Waals surface area contributed by atoms with Gasteiger partial charge in [-0.1, -0.05) is 134 Å². The molecular formula is C80H111NO18. The van der Waals surface area contributed by atoms with E-state index in [2.05, 4.69) is 46.0 Å². The maximum absolute atomic E-state index is 16.0. The molecule has 19 heteroatoms. The number of rotatable bonds is 24. The molecule has 2 aromatic rings. The second-order valence-electron chi connectivity index (χ2n) is 32.8. The van der Waals surface area contributed by atoms with Gasteiger partial charge in [0.1, 0.15) is 53.5 Å². The maximum atomic E-state index is 16.0. The lowest BCUT2D eigenvalue weighted by molar-refractivity contribution is -0.347. The number of fused-ring (bicyclic) bond motifs is 10. The number of allylic oxidation sites excluding steroid dienone is 1. The highest BCUT2D eigenvalue weighted by molar-refractivity contribution is 5.94. The monoisotopic (exact) mass is 1370 g/mol. The van der Waals surface area contributed by atoms with Crippen LogP contribution in [0, 0.1) is 63.1 Å². The molecule has 0 spiro atoms. The van der Waals surface area contributed by atoms with Crippen LogP contribution in [0.2, 0.25) is 0 Å². The van der Waals surface area contributed by atoms with Gasteiger partial charge in [-0.3, -0.25) is 24.0 Å². The normalized spacial score (nSPS) is 34.7. The number of carbonyl (C=O) groups excluding carboxylic acids is 8. The van der Waals surface area contributed by atoms with Crippen molar-refractivity contribution in [2.24, 2.45) is 63.1 Å². The number of aliphatic hydroxyl groups is 1. The molecule has 544 valence electrons. The van der Waals surface area contributed by atoms with E-state index in [1.165, 1.54) is 90.2 Å². The van der Waals surface area contributed by atoms with Crippen LogP contribution < -0.4 is 5.32 Å². The smallest absolute Gasteiger partial charge is 0.408 e. The lowest BCUT2D eigenvalue weighted by Gasteiger charge is -2.67. The Bertz CT molecular complexity index is 3390. The first-order chi connectivity index (χ1) is 46.7. The molecule has 1 heterocycles. The van der Waals surface area contributed by atoms with Gasteiger partial charge in [-0.15, -0.1) is 0 Å². The first kappa shape index (κ1) is 75.4. The van der Waals surface area contributed by atoms with Crippen LogP contribution in [0.3, 0.4) is 0 Å². The predicted molar refractivity (Wildman–Crippen MR) is 368 cm³/mol. The zero-order valence-corrected chi connectivity index (χ0v) is 61.3. The van der Waals surface area contributed by atoms with Crippen LogP contribution in [0.15, 0.2) is 83.5 Å². The van der Waals surface area contributed by atoms with E-state index in [0.29, 0.717) is 23.7 Å². The molecule has 0 aromatic heterocycles. The van der Waals surface area contributed by atoms with E-state index in [4.69, 9.17) is 42.6 Å². The Kier molecular flexibility index (Phi) is 22.5. The molecular weight excluding hydrogens is 1260 g/mol. The molecule has 7 aliphatic carbocycles. The molecule has 5 saturated carbocycles. The van der Waals surface area contributed by atoms with Crippen molar-refractivity contribution in [3.8, 4) is 0 Å². The molecule has 2 bridgehead atoms. The van der Waals surface area contributed by atoms with Crippen LogP contribution in [0.1, 0.15) is 228 Å². The minimum atomic E-state index is -2.35. The third kappa shape index (κ3) is 14.5. The zero-order chi connectivity index (χ0) is 72.0. The maximum Gasteiger partial charge on any atom is 0.408 e. The van der Waals surface area contributed by atoms with Gasteiger partial charge in [0.25, 0.3) is 0 Å². The van der Waals surface area contributed by atoms with Gasteiger partial charge < -0.3 is 53.1 Å². The quantitative estimate of drug-likeness (QED) is 0.0563. The number of carbonyl (C=O) groups is 8. The summed E-state index contributed by atoms with van der Waals surface area (Å²) in [5.41, 5.74) is -5.72. The van der Waals surface area contributed by atoms with Gasteiger partial charge >= 0.3 is 35.9 Å². The topological polar surface area (TPSA) is 252 Å². The summed E-state index contributed by atoms with van der Waals surface area (Å²) >= 11 is 0. The predicted octanol–water partition coefficient (Wildman–Crippen LogP) is 13.6. The van der Waals surface area contributed by atoms with Crippen LogP contribution in [0.25, 0.3) is 0 Å². The number of alkyl carbamates (subject to hydrolysis) is 1. The molecule has 99 heavy (non-hydrogen) atoms. The van der Waals surface area contributed by atoms with Crippen molar-refractivity contribution >= 4 is 47.5 Å². The highest BCUT2D eigenvalue weighted by atomic mass is 16.6. The minimum absolute atomic E-state index is 0.0612. The molecule has 2 N–H and O–H groups in total. The van der Waals surface area contributed by atoms with Gasteiger partial charge in [0.15, 0.2) is 11.4 Å². The van der Waals surface area contributed by atoms with Crippen LogP contribution >= 0.6 is 0 Å². The molecule has 8 aliphatic rings. The molecule has 10 rings (SSSR count). The minimum Gasteiger partial charge on any atom is -0.462 e. The summed E-state index contributed by atoms with van der Waals surface area (Å²) in [6.45, 7) is 24.8. The number of Topliss-reactive ketones (excluding diaryl/α,β-unsaturated/α-hetero) is 2. The highest BCUT2D eigenvalue weighted by Crippen LogP contribution is 2.69. The van der Waals surface area contributed by atoms with Crippen molar-refractivity contribution in [2.45, 2.75) is 271 Å². The van der Waals surface area contributed by atoms with E-state index in [0.717, 1.165) is 42.9 Å². The van der Waals surface area contributed by atoms with Gasteiger partial charge in [0.05, 0.1) is 42.4 Å². The third-order valence-corrected chi connectivity index (χ3v) is 25.7. The lowest BCUT2D eigenvalue weighted by Crippen LogP contribution is -2.82. The summed E-state index contributed by atoms with van der Waals surface area (Å²) in [6.07, 6.45) is 4.61. The molecule has 1 amide bonds. The number of methoxy groups -OCH3 is 2. The SMILES string of the molecule is CCC(C)CCC[C@@H](C)[C@H]1CCC2C3CC=C4C[C@@H](OC(=O)CCC(=O)CCC(=O)O[C@@H](C(=O)O[C@H]5C[C@@]6(O)[C@@H](OC(=O)c7ccccc7)[C@@H]7[C@]8(OC(C)=O)CO[C@@H]8C[C@H](OC)[C@@]7(C)C(=O)[C@H](OC)C(=C5C)C6(C)C)[C@@H](NC(=O)OC(C)(C)C)c5ccccc5)CC[C@]4(C)C3CC[C@@]21C. The van der Waals surface area contributed by atoms with Crippen molar-refractivity contribution in [2.75, 3.05) is 20.8 Å². The standard InChI is InChI=1S/C80H111NO18/c1-16-46(2)24-23-25-47(3)56-34-35-57-55-33-30-52-42-54(38-40-76(52,11)58(55)39-41-77(56,57)12)94-62(84)36-31-53(83)32-37-63(85)96-67(65(50-26-19-17-20-27-50)81-73(89)99-74(6,7)8)72(88)95-59-44-80(90)70(97-71(87)51-28-21-18-22-29-51)68-78(13,69(86)66(92-15)64(48(59)4)75(80,9)10)60(91-14)43-61-79(68,45-93-61)98-49(5)82/h17-22,26-30,46-47,54-61,65-68,70,90H,16,23-25,31-45H2,1-15H3,(H,81,89)/t46?,47-,54+,55?,56-,57?,58?,59+,60+,61-,65+,66-,67-,68+,70+,76+,77-,78-,79+,80-/m1/s1. The number of esters is 5. The second kappa shape index (κ2) is 29.6. The van der Waals surface area contributed by atoms with Gasteiger partial charge in [-0.25, -0.2) is 14.4 Å². The second-order valence-corrected chi connectivity index (χ2v) is 32.8. The molecule has 6 fully saturated rings. The summed E-state index contributed by atoms with van der Waals surface area (Å²) in [4.78, 5) is 115. The average Bonchev–Trinajstić information content (AvgIpc) is 1.02. The molecule has 19 nitrogen and oxygen atoms in total. The Balaban J connectivity index is 0.865. The Hall–Kier alpha value is -6.28. The Labute approximate surface area is 586 Å². The van der Waals surface area contributed by atoms with Gasteiger partial charge in [0.2, 0.25) is 6.10 Å². The van der Waals surface area contributed by atoms with E-state index < -0.39 is 137 Å². The molecule has 4 unspecified atom stereocenters. The summed E-state index contributed by atoms with van der Waals surface area (Å²) < 4.78 is 55.9. The number of benzene rings is 2. The first-order valence-electron chi connectivity index (χ1n) is 36.7. The number of nitrogens with one attached hydrogen (secondary N) is 1. The molecule has 1 saturated heterocycles. The summed E-state index contributed by atoms with van der Waals surface area (Å²) in [5, 5.41) is 16.9. The summed E-state index contributed by atoms with van der Waals surface area (Å²) in [7, 11) is 2.76. The van der Waals surface area contributed by atoms with Crippen molar-refractivity contribution in [3.05, 3.63) is 94.6 Å². The van der Waals surface area contributed by atoms with Crippen molar-refractivity contribution < 1.29 is 86.1 Å². The molecule has 1 aliphatic heterocycles. The largest absolute Gasteiger partial charge is 0.462 e. The van der Waals surface area contributed by atoms with E-state index in [1.54, 1.807) is 97.0 Å². The number of hydrogen-bond acceptors (Lipinski definition) is 18. The average molecular weight is 1370 g/mol. The number of ether oxygens (including phenoxy) is 9. The van der Waals surface area contributed by atoms with E-state index >= 15 is 9.59 Å². The fourth-order valence-corrected chi connectivity index (χ4v) is 20.1. The highest BCUT2D eigenvalue weighted by Gasteiger charge is 2.78. The van der Waals surface area contributed by atoms with Crippen LogP contribution in [0.5, 0.6) is 0 Å².